The fourth-order valence-corrected chi connectivity index (χ4v) is 2.32. The lowest BCUT2D eigenvalue weighted by atomic mass is 10.1. The number of rotatable bonds is 2. The van der Waals surface area contributed by atoms with E-state index in [1.807, 2.05) is 0 Å². The summed E-state index contributed by atoms with van der Waals surface area (Å²) in [7, 11) is 0. The minimum absolute atomic E-state index is 0.178. The predicted octanol–water partition coefficient (Wildman–Crippen LogP) is 3.92. The van der Waals surface area contributed by atoms with Crippen molar-refractivity contribution in [1.29, 1.82) is 5.26 Å². The number of hydrogen-bond acceptors (Lipinski definition) is 5. The van der Waals surface area contributed by atoms with E-state index < -0.39 is 47.0 Å². The Labute approximate surface area is 141 Å². The van der Waals surface area contributed by atoms with Gasteiger partial charge in [0.1, 0.15) is 11.6 Å². The number of ether oxygens (including phenoxy) is 2. The Balaban J connectivity index is 2.12. The quantitative estimate of drug-likeness (QED) is 0.804. The van der Waals surface area contributed by atoms with Crippen molar-refractivity contribution in [2.45, 2.75) is 18.4 Å². The standard InChI is InChI=1S/C15H6F6N2O3/c16-7-1-6(4-22)2-8(3-7)25-9-5-23-12(14(17,18)19)10-11(9)26-15(20,21)13(10)24/h1-3,5,13,24H/t13-/m0/s1. The molecule has 0 aliphatic carbocycles. The molecule has 26 heavy (non-hydrogen) atoms. The summed E-state index contributed by atoms with van der Waals surface area (Å²) in [4.78, 5) is 3.02. The summed E-state index contributed by atoms with van der Waals surface area (Å²) in [5, 5.41) is 18.3. The molecule has 0 saturated carbocycles. The van der Waals surface area contributed by atoms with E-state index in [0.717, 1.165) is 18.2 Å². The number of halogens is 6. The van der Waals surface area contributed by atoms with E-state index >= 15 is 0 Å². The molecule has 136 valence electrons. The number of aliphatic hydroxyl groups is 1. The third-order valence-corrected chi connectivity index (χ3v) is 3.36. The molecule has 5 nitrogen and oxygen atoms in total. The van der Waals surface area contributed by atoms with Gasteiger partial charge in [0.05, 0.1) is 23.4 Å². The second kappa shape index (κ2) is 5.77. The highest BCUT2D eigenvalue weighted by atomic mass is 19.4. The number of benzene rings is 1. The third-order valence-electron chi connectivity index (χ3n) is 3.36. The average molecular weight is 376 g/mol. The van der Waals surface area contributed by atoms with Gasteiger partial charge in [0.15, 0.2) is 23.3 Å². The molecule has 1 aromatic heterocycles. The van der Waals surface area contributed by atoms with E-state index in [1.165, 1.54) is 0 Å². The summed E-state index contributed by atoms with van der Waals surface area (Å²) in [5.74, 6) is -3.05. The zero-order chi connectivity index (χ0) is 19.3. The van der Waals surface area contributed by atoms with Gasteiger partial charge in [0, 0.05) is 6.07 Å². The molecule has 1 aromatic carbocycles. The van der Waals surface area contributed by atoms with E-state index in [-0.39, 0.29) is 11.3 Å². The Morgan fingerprint density at radius 3 is 2.58 bits per heavy atom. The first-order chi connectivity index (χ1) is 12.0. The molecule has 1 aliphatic rings. The van der Waals surface area contributed by atoms with Gasteiger partial charge < -0.3 is 14.6 Å². The fourth-order valence-electron chi connectivity index (χ4n) is 2.32. The lowest BCUT2D eigenvalue weighted by Gasteiger charge is -2.14. The minimum Gasteiger partial charge on any atom is -0.452 e. The second-order valence-electron chi connectivity index (χ2n) is 5.17. The van der Waals surface area contributed by atoms with Crippen molar-refractivity contribution in [1.82, 2.24) is 4.98 Å². The van der Waals surface area contributed by atoms with Crippen LogP contribution < -0.4 is 9.47 Å². The molecule has 0 unspecified atom stereocenters. The van der Waals surface area contributed by atoms with Crippen LogP contribution in [0.4, 0.5) is 26.3 Å². The lowest BCUT2D eigenvalue weighted by Crippen LogP contribution is -2.27. The SMILES string of the molecule is N#Cc1cc(F)cc(Oc2cnc(C(F)(F)F)c3c2OC(F)(F)[C@H]3O)c1. The van der Waals surface area contributed by atoms with Crippen molar-refractivity contribution in [2.24, 2.45) is 0 Å². The van der Waals surface area contributed by atoms with Gasteiger partial charge >= 0.3 is 12.3 Å². The molecule has 0 fully saturated rings. The molecule has 0 radical (unpaired) electrons. The number of hydrogen-bond donors (Lipinski definition) is 1. The predicted molar refractivity (Wildman–Crippen MR) is 71.0 cm³/mol. The van der Waals surface area contributed by atoms with E-state index in [2.05, 4.69) is 9.72 Å². The van der Waals surface area contributed by atoms with Crippen molar-refractivity contribution in [3.63, 3.8) is 0 Å². The van der Waals surface area contributed by atoms with Crippen molar-refractivity contribution >= 4 is 0 Å². The average Bonchev–Trinajstić information content (AvgIpc) is 2.77. The molecule has 2 aromatic rings. The Morgan fingerprint density at radius 2 is 1.96 bits per heavy atom. The van der Waals surface area contributed by atoms with Crippen molar-refractivity contribution in [3.05, 3.63) is 47.0 Å². The maximum Gasteiger partial charge on any atom is 0.433 e. The molecule has 2 heterocycles. The molecular weight excluding hydrogens is 370 g/mol. The highest BCUT2D eigenvalue weighted by Crippen LogP contribution is 2.53. The van der Waals surface area contributed by atoms with Gasteiger partial charge in [0.25, 0.3) is 0 Å². The molecule has 0 bridgehead atoms. The second-order valence-corrected chi connectivity index (χ2v) is 5.17. The molecular formula is C15H6F6N2O3. The fraction of sp³-hybridized carbons (Fsp3) is 0.200. The maximum atomic E-state index is 13.6. The molecule has 0 amide bonds. The molecule has 1 aliphatic heterocycles. The summed E-state index contributed by atoms with van der Waals surface area (Å²) in [5.41, 5.74) is -3.24. The number of alkyl halides is 5. The van der Waals surface area contributed by atoms with Gasteiger partial charge in [-0.15, -0.1) is 0 Å². The van der Waals surface area contributed by atoms with Crippen molar-refractivity contribution < 1.29 is 40.9 Å². The summed E-state index contributed by atoms with van der Waals surface area (Å²) in [6.07, 6.45) is -12.0. The smallest absolute Gasteiger partial charge is 0.433 e. The molecule has 1 N–H and O–H groups in total. The maximum absolute atomic E-state index is 13.6. The van der Waals surface area contributed by atoms with E-state index in [4.69, 9.17) is 10.00 Å². The van der Waals surface area contributed by atoms with Gasteiger partial charge in [0.2, 0.25) is 0 Å². The molecule has 0 spiro atoms. The summed E-state index contributed by atoms with van der Waals surface area (Å²) < 4.78 is 88.7. The highest BCUT2D eigenvalue weighted by Gasteiger charge is 2.56. The topological polar surface area (TPSA) is 75.4 Å². The van der Waals surface area contributed by atoms with Crippen molar-refractivity contribution in [2.75, 3.05) is 0 Å². The number of nitrogens with zero attached hydrogens (tertiary/aromatic N) is 2. The number of aromatic nitrogens is 1. The van der Waals surface area contributed by atoms with Crippen LogP contribution in [0.25, 0.3) is 0 Å². The molecule has 11 heteroatoms. The highest BCUT2D eigenvalue weighted by molar-refractivity contribution is 5.54. The molecule has 1 atom stereocenters. The Morgan fingerprint density at radius 1 is 1.27 bits per heavy atom. The lowest BCUT2D eigenvalue weighted by molar-refractivity contribution is -0.225. The van der Waals surface area contributed by atoms with Gasteiger partial charge in [-0.3, -0.25) is 0 Å². The Hall–Kier alpha value is -3.00. The molecule has 3 rings (SSSR count). The first kappa shape index (κ1) is 17.8. The first-order valence-electron chi connectivity index (χ1n) is 6.76. The monoisotopic (exact) mass is 376 g/mol. The number of pyridine rings is 1. The van der Waals surface area contributed by atoms with Gasteiger partial charge in [-0.1, -0.05) is 0 Å². The van der Waals surface area contributed by atoms with E-state index in [9.17, 15) is 31.4 Å². The minimum atomic E-state index is -5.14. The van der Waals surface area contributed by atoms with Crippen LogP contribution in [-0.4, -0.2) is 16.2 Å². The summed E-state index contributed by atoms with van der Waals surface area (Å²) in [6, 6.07) is 4.27. The largest absolute Gasteiger partial charge is 0.452 e. The number of nitriles is 1. The van der Waals surface area contributed by atoms with E-state index in [1.54, 1.807) is 6.07 Å². The van der Waals surface area contributed by atoms with Crippen LogP contribution in [0.15, 0.2) is 24.4 Å². The summed E-state index contributed by atoms with van der Waals surface area (Å²) in [6.45, 7) is 0. The zero-order valence-corrected chi connectivity index (χ0v) is 12.3. The number of aliphatic hydroxyl groups excluding tert-OH is 1. The van der Waals surface area contributed by atoms with Crippen LogP contribution in [0.2, 0.25) is 0 Å². The zero-order valence-electron chi connectivity index (χ0n) is 12.3. The van der Waals surface area contributed by atoms with Gasteiger partial charge in [-0.25, -0.2) is 9.37 Å². The van der Waals surface area contributed by atoms with Crippen LogP contribution in [0.5, 0.6) is 17.2 Å². The van der Waals surface area contributed by atoms with E-state index in [0.29, 0.717) is 6.20 Å². The van der Waals surface area contributed by atoms with Crippen LogP contribution in [0, 0.1) is 17.1 Å². The Bertz CT molecular complexity index is 923. The Kier molecular flexibility index (Phi) is 3.95. The third kappa shape index (κ3) is 2.99. The van der Waals surface area contributed by atoms with Crippen LogP contribution in [0.3, 0.4) is 0 Å². The van der Waals surface area contributed by atoms with Crippen LogP contribution in [-0.2, 0) is 6.18 Å². The van der Waals surface area contributed by atoms with Gasteiger partial charge in [-0.05, 0) is 12.1 Å². The van der Waals surface area contributed by atoms with Crippen LogP contribution >= 0.6 is 0 Å². The van der Waals surface area contributed by atoms with Gasteiger partial charge in [-0.2, -0.15) is 27.2 Å². The summed E-state index contributed by atoms with van der Waals surface area (Å²) >= 11 is 0. The van der Waals surface area contributed by atoms with Crippen molar-refractivity contribution in [3.8, 4) is 23.3 Å². The number of fused-ring (bicyclic) bond motifs is 1. The normalized spacial score (nSPS) is 18.0. The first-order valence-corrected chi connectivity index (χ1v) is 6.76. The van der Waals surface area contributed by atoms with Crippen LogP contribution in [0.1, 0.15) is 22.9 Å². The molecule has 0 saturated heterocycles.